The molecule has 1 aromatic carbocycles. The first-order valence-electron chi connectivity index (χ1n) is 5.65. The summed E-state index contributed by atoms with van der Waals surface area (Å²) in [5, 5.41) is 6.36. The summed E-state index contributed by atoms with van der Waals surface area (Å²) >= 11 is 0. The number of hydrogen-bond donors (Lipinski definition) is 1. The second kappa shape index (κ2) is 4.99. The van der Waals surface area contributed by atoms with Gasteiger partial charge in [-0.05, 0) is 19.1 Å². The Morgan fingerprint density at radius 2 is 2.05 bits per heavy atom. The third-order valence-corrected chi connectivity index (χ3v) is 2.86. The number of carbonyl (C=O) groups is 1. The zero-order valence-corrected chi connectivity index (χ0v) is 10.7. The van der Waals surface area contributed by atoms with Crippen LogP contribution in [-0.4, -0.2) is 23.3 Å². The van der Waals surface area contributed by atoms with E-state index in [-0.39, 0.29) is 17.0 Å². The van der Waals surface area contributed by atoms with Gasteiger partial charge in [0.1, 0.15) is 5.69 Å². The van der Waals surface area contributed by atoms with Gasteiger partial charge in [0.05, 0.1) is 18.4 Å². The Balaban J connectivity index is 2.48. The van der Waals surface area contributed by atoms with Crippen molar-refractivity contribution in [2.24, 2.45) is 0 Å². The van der Waals surface area contributed by atoms with Crippen molar-refractivity contribution >= 4 is 5.97 Å². The molecule has 4 nitrogen and oxygen atoms in total. The fraction of sp³-hybridized carbons (Fsp3) is 0.231. The highest BCUT2D eigenvalue weighted by molar-refractivity contribution is 5.90. The Morgan fingerprint density at radius 3 is 2.65 bits per heavy atom. The van der Waals surface area contributed by atoms with Crippen LogP contribution in [0.5, 0.6) is 0 Å². The van der Waals surface area contributed by atoms with Gasteiger partial charge < -0.3 is 4.74 Å². The molecule has 0 unspecified atom stereocenters. The zero-order chi connectivity index (χ0) is 14.9. The first-order chi connectivity index (χ1) is 9.34. The van der Waals surface area contributed by atoms with E-state index in [1.54, 1.807) is 6.92 Å². The lowest BCUT2D eigenvalue weighted by molar-refractivity contribution is -0.137. The minimum Gasteiger partial charge on any atom is -0.464 e. The highest BCUT2D eigenvalue weighted by atomic mass is 19.4. The van der Waals surface area contributed by atoms with Gasteiger partial charge in [0.2, 0.25) is 0 Å². The van der Waals surface area contributed by atoms with Gasteiger partial charge >= 0.3 is 12.1 Å². The Morgan fingerprint density at radius 1 is 1.35 bits per heavy atom. The van der Waals surface area contributed by atoms with Crippen LogP contribution in [0.25, 0.3) is 11.3 Å². The lowest BCUT2D eigenvalue weighted by atomic mass is 10.0. The van der Waals surface area contributed by atoms with Gasteiger partial charge in [-0.3, -0.25) is 5.10 Å². The SMILES string of the molecule is COC(=O)c1[nH]nc(-c2cccc(C(F)(F)F)c2)c1C. The van der Waals surface area contributed by atoms with E-state index in [2.05, 4.69) is 14.9 Å². The average molecular weight is 284 g/mol. The molecule has 1 aromatic heterocycles. The molecule has 0 atom stereocenters. The number of hydrogen-bond acceptors (Lipinski definition) is 3. The van der Waals surface area contributed by atoms with E-state index >= 15 is 0 Å². The number of carbonyl (C=O) groups excluding carboxylic acids is 1. The summed E-state index contributed by atoms with van der Waals surface area (Å²) in [6.07, 6.45) is -4.43. The van der Waals surface area contributed by atoms with E-state index < -0.39 is 17.7 Å². The number of methoxy groups -OCH3 is 1. The number of halogens is 3. The van der Waals surface area contributed by atoms with Crippen LogP contribution in [0.3, 0.4) is 0 Å². The third kappa shape index (κ3) is 2.52. The molecule has 1 N–H and O–H groups in total. The van der Waals surface area contributed by atoms with Crippen LogP contribution in [-0.2, 0) is 10.9 Å². The molecular formula is C13H11F3N2O2. The average Bonchev–Trinajstić information content (AvgIpc) is 2.79. The summed E-state index contributed by atoms with van der Waals surface area (Å²) in [6.45, 7) is 1.59. The smallest absolute Gasteiger partial charge is 0.416 e. The van der Waals surface area contributed by atoms with Gasteiger partial charge in [0.15, 0.2) is 0 Å². The fourth-order valence-electron chi connectivity index (χ4n) is 1.82. The molecule has 0 saturated heterocycles. The lowest BCUT2D eigenvalue weighted by Gasteiger charge is -2.08. The predicted molar refractivity (Wildman–Crippen MR) is 65.1 cm³/mol. The molecule has 2 rings (SSSR count). The molecule has 0 saturated carbocycles. The maximum atomic E-state index is 12.7. The van der Waals surface area contributed by atoms with Crippen molar-refractivity contribution in [1.29, 1.82) is 0 Å². The third-order valence-electron chi connectivity index (χ3n) is 2.86. The van der Waals surface area contributed by atoms with Crippen molar-refractivity contribution in [3.8, 4) is 11.3 Å². The van der Waals surface area contributed by atoms with Gasteiger partial charge in [0, 0.05) is 11.1 Å². The number of rotatable bonds is 2. The summed E-state index contributed by atoms with van der Waals surface area (Å²) in [6, 6.07) is 4.76. The largest absolute Gasteiger partial charge is 0.464 e. The first-order valence-corrected chi connectivity index (χ1v) is 5.65. The molecule has 0 radical (unpaired) electrons. The van der Waals surface area contributed by atoms with E-state index in [1.165, 1.54) is 19.2 Å². The molecule has 7 heteroatoms. The zero-order valence-electron chi connectivity index (χ0n) is 10.7. The summed E-state index contributed by atoms with van der Waals surface area (Å²) in [7, 11) is 1.21. The van der Waals surface area contributed by atoms with Gasteiger partial charge in [-0.2, -0.15) is 18.3 Å². The monoisotopic (exact) mass is 284 g/mol. The number of H-pyrrole nitrogens is 1. The maximum absolute atomic E-state index is 12.7. The molecule has 106 valence electrons. The van der Waals surface area contributed by atoms with Gasteiger partial charge in [-0.15, -0.1) is 0 Å². The number of nitrogens with zero attached hydrogens (tertiary/aromatic N) is 1. The number of aromatic nitrogens is 2. The molecule has 2 aromatic rings. The van der Waals surface area contributed by atoms with Gasteiger partial charge in [0.25, 0.3) is 0 Å². The molecule has 0 aliphatic heterocycles. The van der Waals surface area contributed by atoms with Gasteiger partial charge in [-0.1, -0.05) is 12.1 Å². The molecule has 0 fully saturated rings. The molecular weight excluding hydrogens is 273 g/mol. The Labute approximate surface area is 112 Å². The van der Waals surface area contributed by atoms with Crippen molar-refractivity contribution in [1.82, 2.24) is 10.2 Å². The summed E-state index contributed by atoms with van der Waals surface area (Å²) in [4.78, 5) is 11.4. The first kappa shape index (κ1) is 14.1. The predicted octanol–water partition coefficient (Wildman–Crippen LogP) is 3.19. The molecule has 0 spiro atoms. The van der Waals surface area contributed by atoms with Crippen LogP contribution in [0.4, 0.5) is 13.2 Å². The molecule has 1 heterocycles. The lowest BCUT2D eigenvalue weighted by Crippen LogP contribution is -2.05. The van der Waals surface area contributed by atoms with Crippen molar-refractivity contribution in [3.63, 3.8) is 0 Å². The Hall–Kier alpha value is -2.31. The maximum Gasteiger partial charge on any atom is 0.416 e. The van der Waals surface area contributed by atoms with Crippen LogP contribution in [0.15, 0.2) is 24.3 Å². The van der Waals surface area contributed by atoms with Crippen LogP contribution in [0.2, 0.25) is 0 Å². The van der Waals surface area contributed by atoms with Crippen molar-refractivity contribution in [3.05, 3.63) is 41.1 Å². The number of esters is 1. The second-order valence-corrected chi connectivity index (χ2v) is 4.14. The minimum absolute atomic E-state index is 0.125. The molecule has 0 aliphatic carbocycles. The standard InChI is InChI=1S/C13H11F3N2O2/c1-7-10(17-18-11(7)12(19)20-2)8-4-3-5-9(6-8)13(14,15)16/h3-6H,1-2H3,(H,17,18). The van der Waals surface area contributed by atoms with Crippen LogP contribution in [0, 0.1) is 6.92 Å². The highest BCUT2D eigenvalue weighted by Crippen LogP contribution is 2.32. The molecule has 0 amide bonds. The Kier molecular flexibility index (Phi) is 3.52. The highest BCUT2D eigenvalue weighted by Gasteiger charge is 2.31. The van der Waals surface area contributed by atoms with Crippen LogP contribution in [0.1, 0.15) is 21.6 Å². The topological polar surface area (TPSA) is 55.0 Å². The molecule has 0 bridgehead atoms. The van der Waals surface area contributed by atoms with Crippen LogP contribution < -0.4 is 0 Å². The van der Waals surface area contributed by atoms with E-state index in [1.807, 2.05) is 0 Å². The fourth-order valence-corrected chi connectivity index (χ4v) is 1.82. The summed E-state index contributed by atoms with van der Waals surface area (Å²) < 4.78 is 42.6. The van der Waals surface area contributed by atoms with Gasteiger partial charge in [-0.25, -0.2) is 4.79 Å². The van der Waals surface area contributed by atoms with Crippen molar-refractivity contribution in [2.75, 3.05) is 7.11 Å². The number of aromatic amines is 1. The number of nitrogens with one attached hydrogen (secondary N) is 1. The minimum atomic E-state index is -4.43. The van der Waals surface area contributed by atoms with Crippen molar-refractivity contribution in [2.45, 2.75) is 13.1 Å². The normalized spacial score (nSPS) is 11.4. The Bertz CT molecular complexity index is 647. The number of benzene rings is 1. The van der Waals surface area contributed by atoms with Crippen LogP contribution >= 0.6 is 0 Å². The van der Waals surface area contributed by atoms with E-state index in [0.717, 1.165) is 12.1 Å². The van der Waals surface area contributed by atoms with E-state index in [9.17, 15) is 18.0 Å². The van der Waals surface area contributed by atoms with E-state index in [0.29, 0.717) is 5.56 Å². The molecule has 0 aliphatic rings. The summed E-state index contributed by atoms with van der Waals surface area (Å²) in [5.74, 6) is -0.617. The molecule has 20 heavy (non-hydrogen) atoms. The van der Waals surface area contributed by atoms with Crippen molar-refractivity contribution < 1.29 is 22.7 Å². The summed E-state index contributed by atoms with van der Waals surface area (Å²) in [5.41, 5.74) is 0.369. The second-order valence-electron chi connectivity index (χ2n) is 4.14. The van der Waals surface area contributed by atoms with E-state index in [4.69, 9.17) is 0 Å². The quantitative estimate of drug-likeness (QED) is 0.862. The number of ether oxygens (including phenoxy) is 1. The number of alkyl halides is 3.